The van der Waals surface area contributed by atoms with Crippen LogP contribution in [-0.4, -0.2) is 55.0 Å². The molecule has 2 aliphatic heterocycles. The van der Waals surface area contributed by atoms with Gasteiger partial charge in [-0.05, 0) is 47.5 Å². The van der Waals surface area contributed by atoms with Crippen molar-refractivity contribution in [1.82, 2.24) is 0 Å². The molecule has 0 aromatic rings. The van der Waals surface area contributed by atoms with E-state index in [1.165, 1.54) is 0 Å². The average Bonchev–Trinajstić information content (AvgIpc) is 2.61. The fourth-order valence-corrected chi connectivity index (χ4v) is 2.95. The molecule has 0 aromatic heterocycles. The van der Waals surface area contributed by atoms with Gasteiger partial charge in [0, 0.05) is 0 Å². The third-order valence-electron chi connectivity index (χ3n) is 3.95. The SMILES string of the molecule is C=C[C@@H]1O[C@@H]2COC(C)(C)O[C@H]2CC[C@H]1OCC(=O)OC(C)(C)C. The lowest BCUT2D eigenvalue weighted by molar-refractivity contribution is -0.311. The Hall–Kier alpha value is -0.950. The van der Waals surface area contributed by atoms with Crippen molar-refractivity contribution in [3.8, 4) is 0 Å². The van der Waals surface area contributed by atoms with Crippen LogP contribution in [0.1, 0.15) is 47.5 Å². The lowest BCUT2D eigenvalue weighted by Crippen LogP contribution is -2.49. The highest BCUT2D eigenvalue weighted by Gasteiger charge is 2.41. The van der Waals surface area contributed by atoms with Gasteiger partial charge in [0.1, 0.15) is 24.4 Å². The Bertz CT molecular complexity index is 453. The summed E-state index contributed by atoms with van der Waals surface area (Å²) in [5, 5.41) is 0. The van der Waals surface area contributed by atoms with Crippen molar-refractivity contribution < 1.29 is 28.5 Å². The minimum absolute atomic E-state index is 0.0497. The number of fused-ring (bicyclic) bond motifs is 1. The molecule has 6 nitrogen and oxygen atoms in total. The quantitative estimate of drug-likeness (QED) is 0.578. The summed E-state index contributed by atoms with van der Waals surface area (Å²) >= 11 is 0. The van der Waals surface area contributed by atoms with Crippen LogP contribution in [0.2, 0.25) is 0 Å². The first kappa shape index (κ1) is 19.4. The van der Waals surface area contributed by atoms with Crippen molar-refractivity contribution in [2.24, 2.45) is 0 Å². The number of hydrogen-bond donors (Lipinski definition) is 0. The van der Waals surface area contributed by atoms with E-state index in [2.05, 4.69) is 6.58 Å². The van der Waals surface area contributed by atoms with Gasteiger partial charge in [-0.2, -0.15) is 0 Å². The zero-order valence-corrected chi connectivity index (χ0v) is 15.4. The van der Waals surface area contributed by atoms with Gasteiger partial charge in [0.15, 0.2) is 5.79 Å². The lowest BCUT2D eigenvalue weighted by atomic mass is 10.0. The molecule has 0 saturated carbocycles. The van der Waals surface area contributed by atoms with E-state index >= 15 is 0 Å². The number of rotatable bonds is 4. The highest BCUT2D eigenvalue weighted by molar-refractivity contribution is 5.71. The maximum absolute atomic E-state index is 11.9. The molecule has 0 spiro atoms. The predicted molar refractivity (Wildman–Crippen MR) is 88.6 cm³/mol. The molecular formula is C18H30O6. The Morgan fingerprint density at radius 3 is 2.62 bits per heavy atom. The van der Waals surface area contributed by atoms with E-state index in [9.17, 15) is 4.79 Å². The molecule has 0 unspecified atom stereocenters. The van der Waals surface area contributed by atoms with Crippen LogP contribution in [0.4, 0.5) is 0 Å². The van der Waals surface area contributed by atoms with E-state index in [1.807, 2.05) is 34.6 Å². The van der Waals surface area contributed by atoms with Gasteiger partial charge in [-0.3, -0.25) is 0 Å². The van der Waals surface area contributed by atoms with Crippen LogP contribution < -0.4 is 0 Å². The smallest absolute Gasteiger partial charge is 0.332 e. The molecule has 4 atom stereocenters. The summed E-state index contributed by atoms with van der Waals surface area (Å²) in [7, 11) is 0. The summed E-state index contributed by atoms with van der Waals surface area (Å²) in [4.78, 5) is 11.9. The van der Waals surface area contributed by atoms with Gasteiger partial charge in [0.25, 0.3) is 0 Å². The molecule has 24 heavy (non-hydrogen) atoms. The van der Waals surface area contributed by atoms with E-state index in [0.29, 0.717) is 6.61 Å². The second kappa shape index (κ2) is 7.52. The highest BCUT2D eigenvalue weighted by atomic mass is 16.7. The molecule has 2 aliphatic rings. The first-order valence-electron chi connectivity index (χ1n) is 8.53. The predicted octanol–water partition coefficient (Wildman–Crippen LogP) is 2.60. The van der Waals surface area contributed by atoms with Crippen molar-refractivity contribution in [2.45, 2.75) is 83.3 Å². The van der Waals surface area contributed by atoms with Crippen molar-refractivity contribution in [3.63, 3.8) is 0 Å². The van der Waals surface area contributed by atoms with E-state index in [0.717, 1.165) is 12.8 Å². The van der Waals surface area contributed by atoms with Crippen LogP contribution in [0, 0.1) is 0 Å². The molecular weight excluding hydrogens is 312 g/mol. The molecule has 138 valence electrons. The number of esters is 1. The van der Waals surface area contributed by atoms with Gasteiger partial charge in [-0.15, -0.1) is 6.58 Å². The molecule has 0 radical (unpaired) electrons. The van der Waals surface area contributed by atoms with Gasteiger partial charge in [-0.1, -0.05) is 6.08 Å². The Balaban J connectivity index is 1.93. The minimum Gasteiger partial charge on any atom is -0.458 e. The van der Waals surface area contributed by atoms with Gasteiger partial charge in [0.05, 0.1) is 18.8 Å². The number of ether oxygens (including phenoxy) is 5. The minimum atomic E-state index is -0.606. The van der Waals surface area contributed by atoms with Crippen molar-refractivity contribution in [2.75, 3.05) is 13.2 Å². The number of carbonyl (C=O) groups is 1. The van der Waals surface area contributed by atoms with Gasteiger partial charge in [-0.25, -0.2) is 4.79 Å². The van der Waals surface area contributed by atoms with E-state index < -0.39 is 11.4 Å². The fraction of sp³-hybridized carbons (Fsp3) is 0.833. The van der Waals surface area contributed by atoms with Crippen LogP contribution >= 0.6 is 0 Å². The summed E-state index contributed by atoms with van der Waals surface area (Å²) in [6.45, 7) is 13.5. The second-order valence-corrected chi connectivity index (χ2v) is 7.76. The average molecular weight is 342 g/mol. The van der Waals surface area contributed by atoms with Crippen molar-refractivity contribution >= 4 is 5.97 Å². The molecule has 2 saturated heterocycles. The van der Waals surface area contributed by atoms with E-state index in [4.69, 9.17) is 23.7 Å². The van der Waals surface area contributed by atoms with Crippen LogP contribution in [-0.2, 0) is 28.5 Å². The van der Waals surface area contributed by atoms with Gasteiger partial charge in [0.2, 0.25) is 0 Å². The van der Waals surface area contributed by atoms with E-state index in [1.54, 1.807) is 6.08 Å². The summed E-state index contributed by atoms with van der Waals surface area (Å²) in [6, 6.07) is 0. The zero-order chi connectivity index (χ0) is 18.0. The first-order valence-corrected chi connectivity index (χ1v) is 8.53. The molecule has 2 fully saturated rings. The Kier molecular flexibility index (Phi) is 6.07. The standard InChI is InChI=1S/C18H30O6/c1-7-12-13(20-11-16(19)24-17(2,3)4)8-9-14-15(22-12)10-21-18(5,6)23-14/h7,12-15H,1,8-11H2,2-6H3/t12-,13+,14-,15+/m0/s1. The molecule has 2 rings (SSSR count). The fourth-order valence-electron chi connectivity index (χ4n) is 2.95. The molecule has 6 heteroatoms. The Morgan fingerprint density at radius 1 is 1.29 bits per heavy atom. The van der Waals surface area contributed by atoms with Crippen molar-refractivity contribution in [3.05, 3.63) is 12.7 Å². The lowest BCUT2D eigenvalue weighted by Gasteiger charge is -2.40. The molecule has 0 aliphatic carbocycles. The summed E-state index contributed by atoms with van der Waals surface area (Å²) in [5.74, 6) is -0.988. The highest BCUT2D eigenvalue weighted by Crippen LogP contribution is 2.32. The Labute approximate surface area is 144 Å². The number of carbonyl (C=O) groups excluding carboxylic acids is 1. The molecule has 0 amide bonds. The molecule has 2 heterocycles. The van der Waals surface area contributed by atoms with Crippen LogP contribution in [0.25, 0.3) is 0 Å². The van der Waals surface area contributed by atoms with Crippen molar-refractivity contribution in [1.29, 1.82) is 0 Å². The topological polar surface area (TPSA) is 63.2 Å². The maximum Gasteiger partial charge on any atom is 0.332 e. The monoisotopic (exact) mass is 342 g/mol. The maximum atomic E-state index is 11.9. The summed E-state index contributed by atoms with van der Waals surface area (Å²) in [5.41, 5.74) is -0.524. The van der Waals surface area contributed by atoms with Gasteiger partial charge < -0.3 is 23.7 Å². The molecule has 0 bridgehead atoms. The van der Waals surface area contributed by atoms with Crippen LogP contribution in [0.15, 0.2) is 12.7 Å². The second-order valence-electron chi connectivity index (χ2n) is 7.76. The summed E-state index contributed by atoms with van der Waals surface area (Å²) < 4.78 is 28.7. The third kappa shape index (κ3) is 5.55. The molecule has 0 N–H and O–H groups in total. The largest absolute Gasteiger partial charge is 0.458 e. The van der Waals surface area contributed by atoms with Crippen LogP contribution in [0.5, 0.6) is 0 Å². The Morgan fingerprint density at radius 2 is 2.00 bits per heavy atom. The zero-order valence-electron chi connectivity index (χ0n) is 15.4. The van der Waals surface area contributed by atoms with E-state index in [-0.39, 0.29) is 37.0 Å². The first-order chi connectivity index (χ1) is 11.1. The number of hydrogen-bond acceptors (Lipinski definition) is 6. The normalized spacial score (nSPS) is 33.2. The molecule has 0 aromatic carbocycles. The van der Waals surface area contributed by atoms with Gasteiger partial charge >= 0.3 is 5.97 Å². The van der Waals surface area contributed by atoms with Crippen LogP contribution in [0.3, 0.4) is 0 Å². The summed E-state index contributed by atoms with van der Waals surface area (Å²) in [6.07, 6.45) is 2.44. The third-order valence-corrected chi connectivity index (χ3v) is 3.95.